The number of rotatable bonds is 2. The molecule has 4 heteroatoms. The van der Waals surface area contributed by atoms with Crippen LogP contribution in [0.2, 0.25) is 0 Å². The van der Waals surface area contributed by atoms with Gasteiger partial charge in [-0.25, -0.2) is 0 Å². The number of carbonyl (C=O) groups is 1. The minimum absolute atomic E-state index is 0.0334. The number of carbonyl (C=O) groups excluding carboxylic acids is 1. The first kappa shape index (κ1) is 10.9. The molecule has 0 fully saturated rings. The van der Waals surface area contributed by atoms with Crippen molar-refractivity contribution in [1.29, 1.82) is 0 Å². The minimum atomic E-state index is 0.0334. The third-order valence-electron chi connectivity index (χ3n) is 2.68. The quantitative estimate of drug-likeness (QED) is 0.850. The maximum atomic E-state index is 11.5. The van der Waals surface area contributed by atoms with E-state index in [-0.39, 0.29) is 12.0 Å². The van der Waals surface area contributed by atoms with E-state index in [1.54, 1.807) is 7.11 Å². The number of ether oxygens (including phenoxy) is 1. The normalized spacial score (nSPS) is 16.1. The molecule has 1 atom stereocenters. The number of hydrogen-bond acceptors (Lipinski definition) is 2. The maximum absolute atomic E-state index is 11.5. The van der Waals surface area contributed by atoms with Gasteiger partial charge in [0.25, 0.3) is 5.91 Å². The van der Waals surface area contributed by atoms with Crippen molar-refractivity contribution in [2.24, 2.45) is 0 Å². The van der Waals surface area contributed by atoms with Crippen molar-refractivity contribution in [3.8, 4) is 0 Å². The second kappa shape index (κ2) is 4.09. The van der Waals surface area contributed by atoms with Crippen LogP contribution >= 0.6 is 22.6 Å². The average Bonchev–Trinajstić information content (AvgIpc) is 2.59. The molecule has 0 aliphatic carbocycles. The summed E-state index contributed by atoms with van der Waals surface area (Å²) in [6.07, 6.45) is 0.0690. The molecule has 1 unspecified atom stereocenters. The van der Waals surface area contributed by atoms with Crippen LogP contribution in [-0.4, -0.2) is 13.0 Å². The zero-order valence-corrected chi connectivity index (χ0v) is 10.8. The van der Waals surface area contributed by atoms with Gasteiger partial charge in [0.1, 0.15) is 0 Å². The molecule has 0 spiro atoms. The monoisotopic (exact) mass is 317 g/mol. The van der Waals surface area contributed by atoms with Crippen LogP contribution in [0.1, 0.15) is 34.5 Å². The smallest absolute Gasteiger partial charge is 0.252 e. The van der Waals surface area contributed by atoms with Crippen LogP contribution in [0.5, 0.6) is 0 Å². The molecule has 1 heterocycles. The number of hydrogen-bond donors (Lipinski definition) is 1. The fourth-order valence-corrected chi connectivity index (χ4v) is 2.67. The van der Waals surface area contributed by atoms with Crippen molar-refractivity contribution < 1.29 is 9.53 Å². The molecule has 2 rings (SSSR count). The predicted molar refractivity (Wildman–Crippen MR) is 65.8 cm³/mol. The molecule has 1 aliphatic heterocycles. The summed E-state index contributed by atoms with van der Waals surface area (Å²) in [5, 5.41) is 2.83. The van der Waals surface area contributed by atoms with Crippen LogP contribution in [0.4, 0.5) is 0 Å². The lowest BCUT2D eigenvalue weighted by Gasteiger charge is -2.12. The maximum Gasteiger partial charge on any atom is 0.252 e. The lowest BCUT2D eigenvalue weighted by molar-refractivity contribution is 0.0964. The van der Waals surface area contributed by atoms with E-state index in [9.17, 15) is 4.79 Å². The zero-order chi connectivity index (χ0) is 11.0. The SMILES string of the molecule is COC(C)c1cc(I)c2c(c1)CNC2=O. The number of benzene rings is 1. The molecule has 1 aliphatic rings. The second-order valence-electron chi connectivity index (χ2n) is 3.60. The number of halogens is 1. The lowest BCUT2D eigenvalue weighted by atomic mass is 10.0. The largest absolute Gasteiger partial charge is 0.377 e. The molecule has 0 aromatic heterocycles. The summed E-state index contributed by atoms with van der Waals surface area (Å²) in [5.74, 6) is 0.0334. The van der Waals surface area contributed by atoms with Gasteiger partial charge in [-0.1, -0.05) is 6.07 Å². The van der Waals surface area contributed by atoms with Crippen molar-refractivity contribution in [3.63, 3.8) is 0 Å². The summed E-state index contributed by atoms with van der Waals surface area (Å²) < 4.78 is 6.27. The summed E-state index contributed by atoms with van der Waals surface area (Å²) in [5.41, 5.74) is 3.02. The Kier molecular flexibility index (Phi) is 2.97. The Labute approximate surface area is 102 Å². The Morgan fingerprint density at radius 2 is 2.27 bits per heavy atom. The highest BCUT2D eigenvalue weighted by Gasteiger charge is 2.23. The van der Waals surface area contributed by atoms with Gasteiger partial charge in [0.2, 0.25) is 0 Å². The van der Waals surface area contributed by atoms with E-state index in [1.807, 2.05) is 19.1 Å². The Balaban J connectivity index is 2.49. The Bertz CT molecular complexity index is 417. The number of fused-ring (bicyclic) bond motifs is 1. The van der Waals surface area contributed by atoms with Gasteiger partial charge in [-0.3, -0.25) is 4.79 Å². The van der Waals surface area contributed by atoms with Gasteiger partial charge >= 0.3 is 0 Å². The number of amides is 1. The molecular weight excluding hydrogens is 305 g/mol. The fourth-order valence-electron chi connectivity index (χ4n) is 1.72. The highest BCUT2D eigenvalue weighted by Crippen LogP contribution is 2.27. The van der Waals surface area contributed by atoms with Crippen molar-refractivity contribution in [2.75, 3.05) is 7.11 Å². The van der Waals surface area contributed by atoms with E-state index in [0.717, 1.165) is 20.3 Å². The molecule has 0 bridgehead atoms. The minimum Gasteiger partial charge on any atom is -0.377 e. The summed E-state index contributed by atoms with van der Waals surface area (Å²) in [6.45, 7) is 2.64. The Morgan fingerprint density at radius 1 is 1.53 bits per heavy atom. The average molecular weight is 317 g/mol. The van der Waals surface area contributed by atoms with E-state index < -0.39 is 0 Å². The summed E-state index contributed by atoms with van der Waals surface area (Å²) in [7, 11) is 1.69. The van der Waals surface area contributed by atoms with Crippen LogP contribution in [0.15, 0.2) is 12.1 Å². The van der Waals surface area contributed by atoms with Crippen molar-refractivity contribution >= 4 is 28.5 Å². The van der Waals surface area contributed by atoms with E-state index in [0.29, 0.717) is 6.54 Å². The molecule has 0 saturated carbocycles. The second-order valence-corrected chi connectivity index (χ2v) is 4.76. The van der Waals surface area contributed by atoms with Crippen LogP contribution in [-0.2, 0) is 11.3 Å². The topological polar surface area (TPSA) is 38.3 Å². The Hall–Kier alpha value is -0.620. The van der Waals surface area contributed by atoms with E-state index in [1.165, 1.54) is 0 Å². The van der Waals surface area contributed by atoms with Crippen molar-refractivity contribution in [2.45, 2.75) is 19.6 Å². The van der Waals surface area contributed by atoms with Gasteiger partial charge in [0.05, 0.1) is 11.7 Å². The van der Waals surface area contributed by atoms with Crippen LogP contribution in [0, 0.1) is 3.57 Å². The molecule has 1 N–H and O–H groups in total. The van der Waals surface area contributed by atoms with Gasteiger partial charge < -0.3 is 10.1 Å². The molecule has 1 amide bonds. The Morgan fingerprint density at radius 3 is 2.93 bits per heavy atom. The van der Waals surface area contributed by atoms with E-state index in [2.05, 4.69) is 27.9 Å². The first-order valence-corrected chi connectivity index (χ1v) is 5.84. The van der Waals surface area contributed by atoms with E-state index in [4.69, 9.17) is 4.74 Å². The molecule has 15 heavy (non-hydrogen) atoms. The molecule has 80 valence electrons. The highest BCUT2D eigenvalue weighted by atomic mass is 127. The molecule has 3 nitrogen and oxygen atoms in total. The summed E-state index contributed by atoms with van der Waals surface area (Å²) in [6, 6.07) is 4.06. The predicted octanol–water partition coefficient (Wildman–Crippen LogP) is 2.24. The standard InChI is InChI=1S/C11H12INO2/c1-6(15-2)7-3-8-5-13-11(14)10(8)9(12)4-7/h3-4,6H,5H2,1-2H3,(H,13,14). The first-order valence-electron chi connectivity index (χ1n) is 4.76. The van der Waals surface area contributed by atoms with Crippen LogP contribution in [0.3, 0.4) is 0 Å². The van der Waals surface area contributed by atoms with Crippen molar-refractivity contribution in [1.82, 2.24) is 5.32 Å². The van der Waals surface area contributed by atoms with E-state index >= 15 is 0 Å². The molecule has 0 saturated heterocycles. The molecule has 1 aromatic carbocycles. The lowest BCUT2D eigenvalue weighted by Crippen LogP contribution is -2.13. The van der Waals surface area contributed by atoms with Crippen molar-refractivity contribution in [3.05, 3.63) is 32.4 Å². The number of nitrogens with one attached hydrogen (secondary N) is 1. The zero-order valence-electron chi connectivity index (χ0n) is 8.63. The van der Waals surface area contributed by atoms with Gasteiger partial charge in [0, 0.05) is 17.2 Å². The first-order chi connectivity index (χ1) is 7.13. The third-order valence-corrected chi connectivity index (χ3v) is 3.53. The number of methoxy groups -OCH3 is 1. The molecular formula is C11H12INO2. The summed E-state index contributed by atoms with van der Waals surface area (Å²) >= 11 is 2.20. The molecule has 1 aromatic rings. The third kappa shape index (κ3) is 1.88. The van der Waals surface area contributed by atoms with Gasteiger partial charge in [0.15, 0.2) is 0 Å². The van der Waals surface area contributed by atoms with Gasteiger partial charge in [-0.2, -0.15) is 0 Å². The highest BCUT2D eigenvalue weighted by molar-refractivity contribution is 14.1. The van der Waals surface area contributed by atoms with Crippen LogP contribution < -0.4 is 5.32 Å². The van der Waals surface area contributed by atoms with Gasteiger partial charge in [-0.05, 0) is 46.7 Å². The molecule has 0 radical (unpaired) electrons. The van der Waals surface area contributed by atoms with Crippen LogP contribution in [0.25, 0.3) is 0 Å². The van der Waals surface area contributed by atoms with Gasteiger partial charge in [-0.15, -0.1) is 0 Å². The summed E-state index contributed by atoms with van der Waals surface area (Å²) in [4.78, 5) is 11.5. The fraction of sp³-hybridized carbons (Fsp3) is 0.364.